The summed E-state index contributed by atoms with van der Waals surface area (Å²) in [4.78, 5) is 4.21. The van der Waals surface area contributed by atoms with E-state index in [0.717, 1.165) is 16.1 Å². The summed E-state index contributed by atoms with van der Waals surface area (Å²) in [7, 11) is 0. The van der Waals surface area contributed by atoms with E-state index in [9.17, 15) is 0 Å². The Morgan fingerprint density at radius 3 is 2.90 bits per heavy atom. The first-order valence-corrected chi connectivity index (χ1v) is 4.81. The predicted octanol–water partition coefficient (Wildman–Crippen LogP) is 1.88. The van der Waals surface area contributed by atoms with Crippen molar-refractivity contribution in [3.05, 3.63) is 11.7 Å². The standard InChI is InChI=1S/C6H7IN2O/c7-3-5-8-6(9-10-5)4-1-2-4/h4H,1-3H2. The average Bonchev–Trinajstić information content (AvgIpc) is 2.70. The van der Waals surface area contributed by atoms with Crippen molar-refractivity contribution >= 4 is 22.6 Å². The van der Waals surface area contributed by atoms with Gasteiger partial charge in [-0.15, -0.1) is 0 Å². The highest BCUT2D eigenvalue weighted by Crippen LogP contribution is 2.38. The molecule has 0 spiro atoms. The van der Waals surface area contributed by atoms with E-state index < -0.39 is 0 Å². The van der Waals surface area contributed by atoms with E-state index in [4.69, 9.17) is 4.52 Å². The van der Waals surface area contributed by atoms with Gasteiger partial charge in [0, 0.05) is 5.92 Å². The van der Waals surface area contributed by atoms with Gasteiger partial charge < -0.3 is 4.52 Å². The Hall–Kier alpha value is -0.130. The van der Waals surface area contributed by atoms with Crippen molar-refractivity contribution in [1.82, 2.24) is 10.1 Å². The average molecular weight is 250 g/mol. The number of nitrogens with zero attached hydrogens (tertiary/aromatic N) is 2. The lowest BCUT2D eigenvalue weighted by Gasteiger charge is -1.78. The van der Waals surface area contributed by atoms with Crippen molar-refractivity contribution < 1.29 is 4.52 Å². The van der Waals surface area contributed by atoms with Crippen molar-refractivity contribution in [3.63, 3.8) is 0 Å². The minimum absolute atomic E-state index is 0.612. The normalized spacial score (nSPS) is 17.7. The number of halogens is 1. The molecule has 2 rings (SSSR count). The molecule has 0 unspecified atom stereocenters. The van der Waals surface area contributed by atoms with Crippen LogP contribution in [-0.2, 0) is 4.43 Å². The molecule has 1 aromatic rings. The summed E-state index contributed by atoms with van der Waals surface area (Å²) in [5.74, 6) is 2.27. The van der Waals surface area contributed by atoms with Gasteiger partial charge in [-0.3, -0.25) is 0 Å². The lowest BCUT2D eigenvalue weighted by molar-refractivity contribution is 0.386. The van der Waals surface area contributed by atoms with E-state index in [-0.39, 0.29) is 0 Å². The minimum Gasteiger partial charge on any atom is -0.338 e. The first-order valence-electron chi connectivity index (χ1n) is 3.28. The van der Waals surface area contributed by atoms with E-state index in [1.807, 2.05) is 0 Å². The van der Waals surface area contributed by atoms with Crippen molar-refractivity contribution in [2.75, 3.05) is 0 Å². The molecule has 0 amide bonds. The maximum absolute atomic E-state index is 4.95. The van der Waals surface area contributed by atoms with Crippen LogP contribution >= 0.6 is 22.6 Å². The molecule has 3 nitrogen and oxygen atoms in total. The third-order valence-corrected chi connectivity index (χ3v) is 2.19. The summed E-state index contributed by atoms with van der Waals surface area (Å²) in [5, 5.41) is 3.86. The van der Waals surface area contributed by atoms with Crippen LogP contribution in [-0.4, -0.2) is 10.1 Å². The largest absolute Gasteiger partial charge is 0.338 e. The Kier molecular flexibility index (Phi) is 1.63. The smallest absolute Gasteiger partial charge is 0.236 e. The van der Waals surface area contributed by atoms with Crippen molar-refractivity contribution in [3.8, 4) is 0 Å². The quantitative estimate of drug-likeness (QED) is 0.594. The van der Waals surface area contributed by atoms with Gasteiger partial charge in [0.15, 0.2) is 5.82 Å². The van der Waals surface area contributed by atoms with E-state index >= 15 is 0 Å². The molecule has 1 heterocycles. The molecule has 1 fully saturated rings. The number of aromatic nitrogens is 2. The maximum Gasteiger partial charge on any atom is 0.236 e. The van der Waals surface area contributed by atoms with Crippen LogP contribution < -0.4 is 0 Å². The molecule has 1 aromatic heterocycles. The monoisotopic (exact) mass is 250 g/mol. The zero-order chi connectivity index (χ0) is 6.97. The highest BCUT2D eigenvalue weighted by Gasteiger charge is 2.28. The molecular formula is C6H7IN2O. The lowest BCUT2D eigenvalue weighted by atomic mass is 10.4. The van der Waals surface area contributed by atoms with Gasteiger partial charge in [-0.2, -0.15) is 4.98 Å². The molecule has 0 atom stereocenters. The van der Waals surface area contributed by atoms with Gasteiger partial charge in [0.1, 0.15) is 0 Å². The molecule has 0 saturated heterocycles. The molecular weight excluding hydrogens is 243 g/mol. The van der Waals surface area contributed by atoms with Gasteiger partial charge in [-0.25, -0.2) is 0 Å². The Bertz CT molecular complexity index is 231. The number of rotatable bonds is 2. The summed E-state index contributed by atoms with van der Waals surface area (Å²) in [5.41, 5.74) is 0. The van der Waals surface area contributed by atoms with E-state index in [2.05, 4.69) is 32.7 Å². The van der Waals surface area contributed by atoms with Crippen LogP contribution in [0.4, 0.5) is 0 Å². The molecule has 10 heavy (non-hydrogen) atoms. The van der Waals surface area contributed by atoms with Crippen LogP contribution in [0, 0.1) is 0 Å². The first-order chi connectivity index (χ1) is 4.90. The summed E-state index contributed by atoms with van der Waals surface area (Å²) < 4.78 is 5.76. The van der Waals surface area contributed by atoms with Crippen LogP contribution in [0.25, 0.3) is 0 Å². The van der Waals surface area contributed by atoms with Gasteiger partial charge in [-0.1, -0.05) is 27.7 Å². The molecule has 0 aromatic carbocycles. The van der Waals surface area contributed by atoms with Crippen LogP contribution in [0.15, 0.2) is 4.52 Å². The maximum atomic E-state index is 4.95. The van der Waals surface area contributed by atoms with E-state index in [1.54, 1.807) is 0 Å². The zero-order valence-electron chi connectivity index (χ0n) is 5.38. The fraction of sp³-hybridized carbons (Fsp3) is 0.667. The molecule has 1 aliphatic rings. The highest BCUT2D eigenvalue weighted by atomic mass is 127. The third-order valence-electron chi connectivity index (χ3n) is 1.54. The second kappa shape index (κ2) is 2.48. The van der Waals surface area contributed by atoms with Gasteiger partial charge in [-0.05, 0) is 12.8 Å². The molecule has 1 saturated carbocycles. The summed E-state index contributed by atoms with van der Waals surface area (Å²) >= 11 is 2.21. The fourth-order valence-corrected chi connectivity index (χ4v) is 1.14. The Morgan fingerprint density at radius 1 is 1.60 bits per heavy atom. The van der Waals surface area contributed by atoms with Crippen molar-refractivity contribution in [2.24, 2.45) is 0 Å². The molecule has 0 bridgehead atoms. The minimum atomic E-state index is 0.612. The van der Waals surface area contributed by atoms with Crippen LogP contribution in [0.5, 0.6) is 0 Å². The second-order valence-corrected chi connectivity index (χ2v) is 3.22. The molecule has 54 valence electrons. The Balaban J connectivity index is 2.19. The highest BCUT2D eigenvalue weighted by molar-refractivity contribution is 14.1. The zero-order valence-corrected chi connectivity index (χ0v) is 7.54. The SMILES string of the molecule is ICc1nc(C2CC2)no1. The number of alkyl halides is 1. The molecule has 1 aliphatic carbocycles. The molecule has 4 heteroatoms. The number of hydrogen-bond acceptors (Lipinski definition) is 3. The topological polar surface area (TPSA) is 38.9 Å². The molecule has 0 N–H and O–H groups in total. The lowest BCUT2D eigenvalue weighted by Crippen LogP contribution is -1.81. The Morgan fingerprint density at radius 2 is 2.40 bits per heavy atom. The summed E-state index contributed by atoms with van der Waals surface area (Å²) in [6.45, 7) is 0. The fourth-order valence-electron chi connectivity index (χ4n) is 0.830. The van der Waals surface area contributed by atoms with Crippen LogP contribution in [0.2, 0.25) is 0 Å². The van der Waals surface area contributed by atoms with E-state index in [1.165, 1.54) is 12.8 Å². The molecule has 0 aliphatic heterocycles. The number of hydrogen-bond donors (Lipinski definition) is 0. The van der Waals surface area contributed by atoms with Crippen LogP contribution in [0.1, 0.15) is 30.5 Å². The van der Waals surface area contributed by atoms with E-state index in [0.29, 0.717) is 5.92 Å². The summed E-state index contributed by atoms with van der Waals surface area (Å²) in [6.07, 6.45) is 2.47. The van der Waals surface area contributed by atoms with Crippen LogP contribution in [0.3, 0.4) is 0 Å². The second-order valence-electron chi connectivity index (χ2n) is 2.45. The first kappa shape index (κ1) is 6.57. The van der Waals surface area contributed by atoms with Crippen molar-refractivity contribution in [2.45, 2.75) is 23.2 Å². The van der Waals surface area contributed by atoms with Crippen molar-refractivity contribution in [1.29, 1.82) is 0 Å². The summed E-state index contributed by atoms with van der Waals surface area (Å²) in [6, 6.07) is 0. The van der Waals surface area contributed by atoms with Gasteiger partial charge in [0.05, 0.1) is 4.43 Å². The van der Waals surface area contributed by atoms with Gasteiger partial charge >= 0.3 is 0 Å². The van der Waals surface area contributed by atoms with Gasteiger partial charge in [0.2, 0.25) is 5.89 Å². The van der Waals surface area contributed by atoms with Gasteiger partial charge in [0.25, 0.3) is 0 Å². The predicted molar refractivity (Wildman–Crippen MR) is 44.0 cm³/mol. The Labute approximate surface area is 72.3 Å². The molecule has 0 radical (unpaired) electrons. The third kappa shape index (κ3) is 1.16.